The quantitative estimate of drug-likeness (QED) is 0.803. The number of hydrogen-bond acceptors (Lipinski definition) is 3. The van der Waals surface area contributed by atoms with E-state index in [4.69, 9.17) is 0 Å². The van der Waals surface area contributed by atoms with Crippen molar-refractivity contribution in [1.29, 1.82) is 0 Å². The number of methoxy groups -OCH3 is 1. The molecule has 4 nitrogen and oxygen atoms in total. The van der Waals surface area contributed by atoms with Crippen LogP contribution in [-0.2, 0) is 14.3 Å². The third kappa shape index (κ3) is 2.33. The van der Waals surface area contributed by atoms with Gasteiger partial charge in [0.2, 0.25) is 5.91 Å². The zero-order valence-electron chi connectivity index (χ0n) is 12.5. The summed E-state index contributed by atoms with van der Waals surface area (Å²) in [6.45, 7) is 2.76. The topological polar surface area (TPSA) is 55.4 Å². The Morgan fingerprint density at radius 2 is 1.85 bits per heavy atom. The number of carbonyl (C=O) groups is 2. The molecular weight excluding hydrogens is 254 g/mol. The van der Waals surface area contributed by atoms with Gasteiger partial charge in [-0.1, -0.05) is 6.92 Å². The first-order chi connectivity index (χ1) is 9.45. The molecule has 4 aliphatic rings. The van der Waals surface area contributed by atoms with Crippen LogP contribution in [0.1, 0.15) is 51.9 Å². The number of carbonyl (C=O) groups excluding carboxylic acids is 2. The first-order valence-corrected chi connectivity index (χ1v) is 7.80. The summed E-state index contributed by atoms with van der Waals surface area (Å²) in [7, 11) is 1.38. The van der Waals surface area contributed by atoms with Crippen LogP contribution in [-0.4, -0.2) is 25.5 Å². The average molecular weight is 279 g/mol. The van der Waals surface area contributed by atoms with E-state index < -0.39 is 0 Å². The van der Waals surface area contributed by atoms with Crippen LogP contribution >= 0.6 is 0 Å². The van der Waals surface area contributed by atoms with Gasteiger partial charge in [0.1, 0.15) is 0 Å². The maximum atomic E-state index is 12.6. The standard InChI is InChI=1S/C16H25NO3/c1-15-6-11-5-12(7-15)9-16(8-11,10-15)14(19)17-4-3-13(18)20-2/h11-12H,3-10H2,1-2H3,(H,17,19). The van der Waals surface area contributed by atoms with Crippen LogP contribution in [0.25, 0.3) is 0 Å². The van der Waals surface area contributed by atoms with Crippen LogP contribution in [0.15, 0.2) is 0 Å². The lowest BCUT2D eigenvalue weighted by Crippen LogP contribution is -2.56. The molecule has 0 spiro atoms. The van der Waals surface area contributed by atoms with Crippen molar-refractivity contribution < 1.29 is 14.3 Å². The Hall–Kier alpha value is -1.06. The summed E-state index contributed by atoms with van der Waals surface area (Å²) in [5, 5.41) is 2.98. The second-order valence-electron chi connectivity index (χ2n) is 7.63. The highest BCUT2D eigenvalue weighted by Gasteiger charge is 2.58. The summed E-state index contributed by atoms with van der Waals surface area (Å²) >= 11 is 0. The van der Waals surface area contributed by atoms with Crippen molar-refractivity contribution in [3.05, 3.63) is 0 Å². The molecule has 20 heavy (non-hydrogen) atoms. The van der Waals surface area contributed by atoms with E-state index in [0.717, 1.165) is 31.1 Å². The molecule has 4 rings (SSSR count). The van der Waals surface area contributed by atoms with Crippen molar-refractivity contribution in [1.82, 2.24) is 5.32 Å². The second-order valence-corrected chi connectivity index (χ2v) is 7.63. The summed E-state index contributed by atoms with van der Waals surface area (Å²) in [5.41, 5.74) is 0.235. The largest absolute Gasteiger partial charge is 0.469 e. The van der Waals surface area contributed by atoms with Crippen LogP contribution in [0.3, 0.4) is 0 Å². The van der Waals surface area contributed by atoms with E-state index in [2.05, 4.69) is 17.0 Å². The van der Waals surface area contributed by atoms with Gasteiger partial charge in [0, 0.05) is 6.54 Å². The fourth-order valence-corrected chi connectivity index (χ4v) is 5.55. The maximum Gasteiger partial charge on any atom is 0.307 e. The molecule has 4 bridgehead atoms. The van der Waals surface area contributed by atoms with Crippen molar-refractivity contribution in [3.63, 3.8) is 0 Å². The summed E-state index contributed by atoms with van der Waals surface area (Å²) < 4.78 is 4.61. The predicted octanol–water partition coefficient (Wildman–Crippen LogP) is 2.27. The first kappa shape index (κ1) is 13.9. The van der Waals surface area contributed by atoms with E-state index in [9.17, 15) is 9.59 Å². The highest BCUT2D eigenvalue weighted by atomic mass is 16.5. The Morgan fingerprint density at radius 1 is 1.20 bits per heavy atom. The minimum Gasteiger partial charge on any atom is -0.469 e. The van der Waals surface area contributed by atoms with Gasteiger partial charge < -0.3 is 10.1 Å². The molecule has 1 N–H and O–H groups in total. The smallest absolute Gasteiger partial charge is 0.307 e. The lowest BCUT2D eigenvalue weighted by atomic mass is 9.44. The lowest BCUT2D eigenvalue weighted by Gasteiger charge is -2.60. The zero-order chi connectivity index (χ0) is 14.4. The van der Waals surface area contributed by atoms with Crippen LogP contribution < -0.4 is 5.32 Å². The van der Waals surface area contributed by atoms with Crippen molar-refractivity contribution >= 4 is 11.9 Å². The maximum absolute atomic E-state index is 12.6. The molecule has 4 heteroatoms. The van der Waals surface area contributed by atoms with Crippen LogP contribution in [0.4, 0.5) is 0 Å². The summed E-state index contributed by atoms with van der Waals surface area (Å²) in [6.07, 6.45) is 7.36. The van der Waals surface area contributed by atoms with Crippen molar-refractivity contribution in [2.75, 3.05) is 13.7 Å². The number of esters is 1. The molecule has 0 heterocycles. The highest BCUT2D eigenvalue weighted by molar-refractivity contribution is 5.83. The van der Waals surface area contributed by atoms with E-state index in [1.165, 1.54) is 26.4 Å². The van der Waals surface area contributed by atoms with E-state index in [1.54, 1.807) is 0 Å². The Kier molecular flexibility index (Phi) is 3.30. The number of amides is 1. The zero-order valence-corrected chi connectivity index (χ0v) is 12.5. The minimum absolute atomic E-state index is 0.144. The third-order valence-electron chi connectivity index (χ3n) is 5.68. The molecule has 4 aliphatic carbocycles. The Balaban J connectivity index is 1.64. The van der Waals surface area contributed by atoms with Gasteiger partial charge in [-0.2, -0.15) is 0 Å². The van der Waals surface area contributed by atoms with Gasteiger partial charge >= 0.3 is 5.97 Å². The molecule has 0 radical (unpaired) electrons. The van der Waals surface area contributed by atoms with Crippen LogP contribution in [0.2, 0.25) is 0 Å². The predicted molar refractivity (Wildman–Crippen MR) is 74.9 cm³/mol. The first-order valence-electron chi connectivity index (χ1n) is 7.80. The SMILES string of the molecule is COC(=O)CCNC(=O)C12CC3CC(CC(C)(C3)C1)C2. The Morgan fingerprint density at radius 3 is 2.40 bits per heavy atom. The number of hydrogen-bond donors (Lipinski definition) is 1. The van der Waals surface area contributed by atoms with Gasteiger partial charge in [-0.15, -0.1) is 0 Å². The van der Waals surface area contributed by atoms with E-state index in [0.29, 0.717) is 12.0 Å². The van der Waals surface area contributed by atoms with Crippen LogP contribution in [0, 0.1) is 22.7 Å². The monoisotopic (exact) mass is 279 g/mol. The van der Waals surface area contributed by atoms with Gasteiger partial charge in [0.25, 0.3) is 0 Å². The Labute approximate surface area is 120 Å². The van der Waals surface area contributed by atoms with Crippen molar-refractivity contribution in [2.45, 2.75) is 51.9 Å². The minimum atomic E-state index is -0.261. The van der Waals surface area contributed by atoms with Gasteiger partial charge in [0.15, 0.2) is 0 Å². The summed E-state index contributed by atoms with van der Waals surface area (Å²) in [6, 6.07) is 0. The fourth-order valence-electron chi connectivity index (χ4n) is 5.55. The molecule has 4 saturated carbocycles. The molecule has 2 unspecified atom stereocenters. The van der Waals surface area contributed by atoms with Crippen molar-refractivity contribution in [3.8, 4) is 0 Å². The molecule has 0 aromatic heterocycles. The molecule has 0 saturated heterocycles. The molecule has 2 atom stereocenters. The van der Waals surface area contributed by atoms with E-state index in [-0.39, 0.29) is 23.7 Å². The molecule has 112 valence electrons. The molecule has 0 aromatic carbocycles. The summed E-state index contributed by atoms with van der Waals surface area (Å²) in [5.74, 6) is 1.41. The van der Waals surface area contributed by atoms with Crippen molar-refractivity contribution in [2.24, 2.45) is 22.7 Å². The van der Waals surface area contributed by atoms with Gasteiger partial charge in [-0.05, 0) is 55.8 Å². The lowest BCUT2D eigenvalue weighted by molar-refractivity contribution is -0.155. The highest BCUT2D eigenvalue weighted by Crippen LogP contribution is 2.65. The van der Waals surface area contributed by atoms with E-state index >= 15 is 0 Å². The van der Waals surface area contributed by atoms with Crippen LogP contribution in [0.5, 0.6) is 0 Å². The number of nitrogens with one attached hydrogen (secondary N) is 1. The fraction of sp³-hybridized carbons (Fsp3) is 0.875. The van der Waals surface area contributed by atoms with E-state index in [1.807, 2.05) is 0 Å². The molecule has 0 aromatic rings. The van der Waals surface area contributed by atoms with Gasteiger partial charge in [-0.25, -0.2) is 0 Å². The summed E-state index contributed by atoms with van der Waals surface area (Å²) in [4.78, 5) is 23.8. The third-order valence-corrected chi connectivity index (χ3v) is 5.68. The number of rotatable bonds is 4. The molecule has 1 amide bonds. The average Bonchev–Trinajstić information content (AvgIpc) is 2.35. The Bertz CT molecular complexity index is 417. The normalized spacial score (nSPS) is 41.5. The number of ether oxygens (including phenoxy) is 1. The van der Waals surface area contributed by atoms with Gasteiger partial charge in [-0.3, -0.25) is 9.59 Å². The second kappa shape index (κ2) is 4.74. The molecular formula is C16H25NO3. The molecule has 4 fully saturated rings. The molecule has 0 aliphatic heterocycles. The van der Waals surface area contributed by atoms with Gasteiger partial charge in [0.05, 0.1) is 18.9 Å².